The Kier molecular flexibility index (Phi) is 5.87. The van der Waals surface area contributed by atoms with E-state index in [2.05, 4.69) is 20.1 Å². The first-order chi connectivity index (χ1) is 19.6. The van der Waals surface area contributed by atoms with E-state index in [-0.39, 0.29) is 22.8 Å². The summed E-state index contributed by atoms with van der Waals surface area (Å²) in [5, 5.41) is 6.58. The molecule has 0 aliphatic carbocycles. The molecule has 2 aromatic carbocycles. The van der Waals surface area contributed by atoms with Gasteiger partial charge in [0.05, 0.1) is 10.9 Å². The van der Waals surface area contributed by atoms with Crippen LogP contribution in [0.5, 0.6) is 6.01 Å². The smallest absolute Gasteiger partial charge is 0.319 e. The number of anilines is 1. The van der Waals surface area contributed by atoms with Crippen LogP contribution < -0.4 is 15.0 Å². The number of piperazine rings is 1. The minimum absolute atomic E-state index is 0.0499. The zero-order valence-corrected chi connectivity index (χ0v) is 23.1. The summed E-state index contributed by atoms with van der Waals surface area (Å²) in [4.78, 5) is 19.1. The van der Waals surface area contributed by atoms with Crippen LogP contribution in [0.4, 0.5) is 10.2 Å². The first-order valence-corrected chi connectivity index (χ1v) is 14.9. The molecule has 4 aliphatic heterocycles. The van der Waals surface area contributed by atoms with Crippen molar-refractivity contribution < 1.29 is 9.13 Å². The van der Waals surface area contributed by atoms with E-state index in [0.29, 0.717) is 40.5 Å². The number of pyridine rings is 1. The van der Waals surface area contributed by atoms with E-state index in [9.17, 15) is 0 Å². The van der Waals surface area contributed by atoms with Crippen LogP contribution in [-0.4, -0.2) is 70.3 Å². The van der Waals surface area contributed by atoms with E-state index in [1.165, 1.54) is 12.8 Å². The van der Waals surface area contributed by atoms with E-state index >= 15 is 4.39 Å². The standard InChI is InChI=1S/C31H32ClFN6O/c32-24-8-2-6-19-5-1-7-22(25(19)24)27-26(33)28-23(15-34-27)29(38-16-20-9-10-21(17-38)35-20)37-30(36-28)40-18-31-11-3-13-39(31)14-4-12-31/h1-2,5-8,15,20-21,35H,3-4,9-14,16-18H2/t20-,21+. The Morgan fingerprint density at radius 3 is 2.55 bits per heavy atom. The molecule has 4 saturated heterocycles. The van der Waals surface area contributed by atoms with Crippen LogP contribution in [0.25, 0.3) is 32.9 Å². The summed E-state index contributed by atoms with van der Waals surface area (Å²) in [5.41, 5.74) is 1.18. The molecule has 9 heteroatoms. The summed E-state index contributed by atoms with van der Waals surface area (Å²) >= 11 is 6.60. The number of fused-ring (bicyclic) bond motifs is 5. The van der Waals surface area contributed by atoms with Gasteiger partial charge in [-0.2, -0.15) is 9.97 Å². The van der Waals surface area contributed by atoms with Crippen LogP contribution in [0.1, 0.15) is 38.5 Å². The Hall–Kier alpha value is -3.07. The van der Waals surface area contributed by atoms with Crippen molar-refractivity contribution in [2.75, 3.05) is 37.7 Å². The fraction of sp³-hybridized carbons (Fsp3) is 0.452. The molecule has 0 saturated carbocycles. The molecular formula is C31H32ClFN6O. The Bertz CT molecular complexity index is 1600. The highest BCUT2D eigenvalue weighted by Gasteiger charge is 2.45. The molecule has 0 amide bonds. The van der Waals surface area contributed by atoms with Crippen LogP contribution >= 0.6 is 11.6 Å². The van der Waals surface area contributed by atoms with Gasteiger partial charge in [0.25, 0.3) is 0 Å². The highest BCUT2D eigenvalue weighted by Crippen LogP contribution is 2.40. The molecule has 0 unspecified atom stereocenters. The molecule has 2 aromatic heterocycles. The van der Waals surface area contributed by atoms with E-state index < -0.39 is 5.82 Å². The third-order valence-corrected chi connectivity index (χ3v) is 9.86. The number of hydrogen-bond donors (Lipinski definition) is 1. The second kappa shape index (κ2) is 9.50. The summed E-state index contributed by atoms with van der Waals surface area (Å²) in [5.74, 6) is 0.234. The Labute approximate surface area is 237 Å². The van der Waals surface area contributed by atoms with Gasteiger partial charge in [-0.1, -0.05) is 41.9 Å². The lowest BCUT2D eigenvalue weighted by Crippen LogP contribution is -2.51. The minimum Gasteiger partial charge on any atom is -0.461 e. The summed E-state index contributed by atoms with van der Waals surface area (Å²) in [6.07, 6.45) is 8.63. The maximum Gasteiger partial charge on any atom is 0.319 e. The molecule has 2 bridgehead atoms. The van der Waals surface area contributed by atoms with Crippen molar-refractivity contribution in [2.24, 2.45) is 0 Å². The van der Waals surface area contributed by atoms with Gasteiger partial charge in [-0.3, -0.25) is 9.88 Å². The second-order valence-corrected chi connectivity index (χ2v) is 12.3. The zero-order chi connectivity index (χ0) is 26.8. The predicted octanol–water partition coefficient (Wildman–Crippen LogP) is 5.59. The number of halogens is 2. The van der Waals surface area contributed by atoms with Gasteiger partial charge in [-0.25, -0.2) is 4.39 Å². The van der Waals surface area contributed by atoms with E-state index in [1.54, 1.807) is 6.20 Å². The van der Waals surface area contributed by atoms with E-state index in [0.717, 1.165) is 62.6 Å². The van der Waals surface area contributed by atoms with Gasteiger partial charge < -0.3 is 15.0 Å². The van der Waals surface area contributed by atoms with Gasteiger partial charge in [0.2, 0.25) is 0 Å². The number of nitrogens with one attached hydrogen (secondary N) is 1. The Morgan fingerprint density at radius 2 is 1.77 bits per heavy atom. The van der Waals surface area contributed by atoms with Crippen molar-refractivity contribution in [2.45, 2.75) is 56.1 Å². The quantitative estimate of drug-likeness (QED) is 0.343. The van der Waals surface area contributed by atoms with Crippen molar-refractivity contribution >= 4 is 39.1 Å². The largest absolute Gasteiger partial charge is 0.461 e. The van der Waals surface area contributed by atoms with Crippen LogP contribution in [0, 0.1) is 5.82 Å². The molecule has 8 rings (SSSR count). The van der Waals surface area contributed by atoms with E-state index in [1.807, 2.05) is 36.4 Å². The SMILES string of the molecule is Fc1c(-c2cccc3cccc(Cl)c23)ncc2c(N3C[C@H]4CC[C@@H](C3)N4)nc(OCC34CCCN3CCC4)nc12. The Balaban J connectivity index is 1.25. The van der Waals surface area contributed by atoms with Gasteiger partial charge in [-0.05, 0) is 63.1 Å². The lowest BCUT2D eigenvalue weighted by atomic mass is 9.95. The summed E-state index contributed by atoms with van der Waals surface area (Å²) < 4.78 is 23.0. The molecule has 1 N–H and O–H groups in total. The van der Waals surface area contributed by atoms with Crippen LogP contribution in [0.2, 0.25) is 5.02 Å². The molecule has 4 aliphatic rings. The Morgan fingerprint density at radius 1 is 1.02 bits per heavy atom. The molecule has 0 spiro atoms. The van der Waals surface area contributed by atoms with Crippen LogP contribution in [-0.2, 0) is 0 Å². The normalized spacial score (nSPS) is 23.8. The highest BCUT2D eigenvalue weighted by atomic mass is 35.5. The molecule has 0 radical (unpaired) electrons. The molecule has 4 aromatic rings. The van der Waals surface area contributed by atoms with Gasteiger partial charge in [0.15, 0.2) is 5.82 Å². The zero-order valence-electron chi connectivity index (χ0n) is 22.4. The fourth-order valence-corrected chi connectivity index (χ4v) is 7.92. The van der Waals surface area contributed by atoms with Crippen molar-refractivity contribution in [3.8, 4) is 17.3 Å². The first-order valence-electron chi connectivity index (χ1n) is 14.5. The second-order valence-electron chi connectivity index (χ2n) is 11.9. The van der Waals surface area contributed by atoms with Gasteiger partial charge >= 0.3 is 6.01 Å². The van der Waals surface area contributed by atoms with Crippen molar-refractivity contribution in [3.63, 3.8) is 0 Å². The molecule has 7 nitrogen and oxygen atoms in total. The molecular weight excluding hydrogens is 527 g/mol. The summed E-state index contributed by atoms with van der Waals surface area (Å²) in [7, 11) is 0. The van der Waals surface area contributed by atoms with Crippen molar-refractivity contribution in [3.05, 3.63) is 53.4 Å². The monoisotopic (exact) mass is 558 g/mol. The van der Waals surface area contributed by atoms with Crippen LogP contribution in [0.3, 0.4) is 0 Å². The molecule has 4 fully saturated rings. The number of aromatic nitrogens is 3. The molecule has 6 heterocycles. The van der Waals surface area contributed by atoms with Gasteiger partial charge in [0.1, 0.15) is 23.6 Å². The number of nitrogens with zero attached hydrogens (tertiary/aromatic N) is 5. The van der Waals surface area contributed by atoms with Gasteiger partial charge in [-0.15, -0.1) is 0 Å². The van der Waals surface area contributed by atoms with Crippen molar-refractivity contribution in [1.29, 1.82) is 0 Å². The summed E-state index contributed by atoms with van der Waals surface area (Å²) in [6, 6.07) is 12.5. The van der Waals surface area contributed by atoms with Crippen LogP contribution in [0.15, 0.2) is 42.6 Å². The highest BCUT2D eigenvalue weighted by molar-refractivity contribution is 6.36. The van der Waals surface area contributed by atoms with Crippen molar-refractivity contribution in [1.82, 2.24) is 25.2 Å². The number of hydrogen-bond acceptors (Lipinski definition) is 7. The molecule has 206 valence electrons. The average Bonchev–Trinajstić information content (AvgIpc) is 3.65. The number of rotatable bonds is 5. The maximum atomic E-state index is 16.6. The third kappa shape index (κ3) is 3.95. The average molecular weight is 559 g/mol. The van der Waals surface area contributed by atoms with Gasteiger partial charge in [0, 0.05) is 47.3 Å². The van der Waals surface area contributed by atoms with E-state index in [4.69, 9.17) is 26.3 Å². The number of ether oxygens (including phenoxy) is 1. The lowest BCUT2D eigenvalue weighted by Gasteiger charge is -2.34. The topological polar surface area (TPSA) is 66.4 Å². The molecule has 2 atom stereocenters. The fourth-order valence-electron chi connectivity index (χ4n) is 7.64. The minimum atomic E-state index is -0.474. The maximum absolute atomic E-state index is 16.6. The molecule has 40 heavy (non-hydrogen) atoms. The predicted molar refractivity (Wildman–Crippen MR) is 156 cm³/mol. The lowest BCUT2D eigenvalue weighted by molar-refractivity contribution is 0.108. The summed E-state index contributed by atoms with van der Waals surface area (Å²) in [6.45, 7) is 4.41. The third-order valence-electron chi connectivity index (χ3n) is 9.55. The first kappa shape index (κ1) is 24.7. The number of benzene rings is 2.